The zero-order valence-corrected chi connectivity index (χ0v) is 9.87. The average molecular weight is 240 g/mol. The Morgan fingerprint density at radius 3 is 2.50 bits per heavy atom. The number of carboxylic acid groups (broad SMARTS) is 1. The summed E-state index contributed by atoms with van der Waals surface area (Å²) in [6, 6.07) is 7.41. The van der Waals surface area contributed by atoms with Gasteiger partial charge < -0.3 is 5.11 Å². The van der Waals surface area contributed by atoms with Gasteiger partial charge in [-0.2, -0.15) is 0 Å². The molecule has 0 saturated heterocycles. The van der Waals surface area contributed by atoms with E-state index >= 15 is 0 Å². The molecule has 0 aliphatic carbocycles. The van der Waals surface area contributed by atoms with Crippen LogP contribution in [0.4, 0.5) is 0 Å². The van der Waals surface area contributed by atoms with Crippen molar-refractivity contribution in [2.45, 2.75) is 6.92 Å². The maximum atomic E-state index is 10.5. The first-order chi connectivity index (χ1) is 8.65. The Morgan fingerprint density at radius 1 is 1.17 bits per heavy atom. The van der Waals surface area contributed by atoms with Gasteiger partial charge in [0.2, 0.25) is 0 Å². The second-order valence-corrected chi connectivity index (χ2v) is 3.86. The molecule has 2 heterocycles. The van der Waals surface area contributed by atoms with Crippen LogP contribution in [0.1, 0.15) is 11.1 Å². The summed E-state index contributed by atoms with van der Waals surface area (Å²) in [6.07, 6.45) is 6.00. The van der Waals surface area contributed by atoms with Crippen molar-refractivity contribution in [3.8, 4) is 11.4 Å². The molecule has 0 spiro atoms. The third-order valence-electron chi connectivity index (χ3n) is 2.38. The fourth-order valence-corrected chi connectivity index (χ4v) is 1.53. The first kappa shape index (κ1) is 12.0. The molecule has 4 heteroatoms. The van der Waals surface area contributed by atoms with Crippen LogP contribution in [0.15, 0.2) is 42.7 Å². The topological polar surface area (TPSA) is 63.1 Å². The summed E-state index contributed by atoms with van der Waals surface area (Å²) in [5.74, 6) is -0.970. The molecule has 0 atom stereocenters. The van der Waals surface area contributed by atoms with E-state index in [0.717, 1.165) is 28.6 Å². The van der Waals surface area contributed by atoms with Gasteiger partial charge in [0.25, 0.3) is 0 Å². The van der Waals surface area contributed by atoms with Crippen molar-refractivity contribution < 1.29 is 9.90 Å². The molecule has 2 aromatic heterocycles. The third-order valence-corrected chi connectivity index (χ3v) is 2.38. The van der Waals surface area contributed by atoms with Gasteiger partial charge in [-0.1, -0.05) is 0 Å². The lowest BCUT2D eigenvalue weighted by Gasteiger charge is -2.02. The molecule has 2 aromatic rings. The Bertz CT molecular complexity index is 606. The van der Waals surface area contributed by atoms with Gasteiger partial charge in [0.15, 0.2) is 0 Å². The highest BCUT2D eigenvalue weighted by Gasteiger charge is 2.01. The van der Waals surface area contributed by atoms with Gasteiger partial charge in [-0.05, 0) is 48.4 Å². The lowest BCUT2D eigenvalue weighted by molar-refractivity contribution is -0.131. The van der Waals surface area contributed by atoms with Crippen molar-refractivity contribution in [3.05, 3.63) is 53.9 Å². The number of carboxylic acids is 1. The van der Waals surface area contributed by atoms with Crippen LogP contribution in [0.25, 0.3) is 17.5 Å². The number of hydrogen-bond donors (Lipinski definition) is 1. The molecule has 1 N–H and O–H groups in total. The number of aliphatic carboxylic acids is 1. The Labute approximate surface area is 105 Å². The molecule has 4 nitrogen and oxygen atoms in total. The molecule has 2 rings (SSSR count). The molecule has 0 aromatic carbocycles. The van der Waals surface area contributed by atoms with Gasteiger partial charge in [0.05, 0.1) is 11.4 Å². The zero-order chi connectivity index (χ0) is 13.0. The van der Waals surface area contributed by atoms with Crippen molar-refractivity contribution in [1.29, 1.82) is 0 Å². The highest BCUT2D eigenvalue weighted by atomic mass is 16.4. The molecule has 90 valence electrons. The van der Waals surface area contributed by atoms with Crippen molar-refractivity contribution in [3.63, 3.8) is 0 Å². The Balaban J connectivity index is 2.35. The van der Waals surface area contributed by atoms with Crippen molar-refractivity contribution >= 4 is 12.0 Å². The van der Waals surface area contributed by atoms with Crippen LogP contribution in [0.2, 0.25) is 0 Å². The van der Waals surface area contributed by atoms with E-state index in [1.165, 1.54) is 6.08 Å². The van der Waals surface area contributed by atoms with E-state index in [-0.39, 0.29) is 0 Å². The molecular formula is C14H12N2O2. The number of nitrogens with zero attached hydrogens (tertiary/aromatic N) is 2. The summed E-state index contributed by atoms with van der Waals surface area (Å²) in [7, 11) is 0. The summed E-state index contributed by atoms with van der Waals surface area (Å²) in [4.78, 5) is 18.9. The van der Waals surface area contributed by atoms with Crippen LogP contribution < -0.4 is 0 Å². The number of rotatable bonds is 3. The predicted molar refractivity (Wildman–Crippen MR) is 68.9 cm³/mol. The van der Waals surface area contributed by atoms with E-state index in [4.69, 9.17) is 5.11 Å². The molecule has 0 amide bonds. The van der Waals surface area contributed by atoms with Gasteiger partial charge in [0.1, 0.15) is 0 Å². The highest BCUT2D eigenvalue weighted by Crippen LogP contribution is 2.16. The molecule has 0 bridgehead atoms. The minimum atomic E-state index is -0.970. The predicted octanol–water partition coefficient (Wildman–Crippen LogP) is 2.55. The number of aromatic nitrogens is 2. The monoisotopic (exact) mass is 240 g/mol. The molecule has 0 aliphatic rings. The number of pyridine rings is 2. The summed E-state index contributed by atoms with van der Waals surface area (Å²) in [6.45, 7) is 1.99. The second kappa shape index (κ2) is 5.23. The highest BCUT2D eigenvalue weighted by molar-refractivity contribution is 5.85. The molecule has 0 saturated carbocycles. The van der Waals surface area contributed by atoms with Gasteiger partial charge >= 0.3 is 5.97 Å². The smallest absolute Gasteiger partial charge is 0.328 e. The first-order valence-electron chi connectivity index (χ1n) is 5.45. The quantitative estimate of drug-likeness (QED) is 0.837. The molecule has 0 aliphatic heterocycles. The van der Waals surface area contributed by atoms with E-state index in [0.29, 0.717) is 0 Å². The summed E-state index contributed by atoms with van der Waals surface area (Å²) >= 11 is 0. The Morgan fingerprint density at radius 2 is 1.83 bits per heavy atom. The lowest BCUT2D eigenvalue weighted by Crippen LogP contribution is -1.89. The lowest BCUT2D eigenvalue weighted by atomic mass is 10.1. The van der Waals surface area contributed by atoms with Crippen LogP contribution in [0.3, 0.4) is 0 Å². The fourth-order valence-electron chi connectivity index (χ4n) is 1.53. The Hall–Kier alpha value is -2.49. The maximum absolute atomic E-state index is 10.5. The molecule has 0 fully saturated rings. The Kier molecular flexibility index (Phi) is 3.48. The van der Waals surface area contributed by atoms with Crippen LogP contribution in [-0.4, -0.2) is 21.0 Å². The average Bonchev–Trinajstić information content (AvgIpc) is 2.37. The molecule has 0 radical (unpaired) electrons. The molecule has 0 unspecified atom stereocenters. The first-order valence-corrected chi connectivity index (χ1v) is 5.45. The minimum absolute atomic E-state index is 0.728. The van der Waals surface area contributed by atoms with Crippen LogP contribution in [-0.2, 0) is 4.79 Å². The van der Waals surface area contributed by atoms with Gasteiger partial charge in [-0.3, -0.25) is 9.97 Å². The van der Waals surface area contributed by atoms with Crippen LogP contribution in [0, 0.1) is 6.92 Å². The van der Waals surface area contributed by atoms with Crippen LogP contribution in [0.5, 0.6) is 0 Å². The van der Waals surface area contributed by atoms with Crippen LogP contribution >= 0.6 is 0 Å². The second-order valence-electron chi connectivity index (χ2n) is 3.86. The van der Waals surface area contributed by atoms with Gasteiger partial charge in [-0.15, -0.1) is 0 Å². The molecular weight excluding hydrogens is 228 g/mol. The van der Waals surface area contributed by atoms with E-state index in [9.17, 15) is 4.79 Å². The fraction of sp³-hybridized carbons (Fsp3) is 0.0714. The molecule has 18 heavy (non-hydrogen) atoms. The SMILES string of the molecule is Cc1ccnc(-c2cc(/C=C/C(=O)O)ccn2)c1. The van der Waals surface area contributed by atoms with Gasteiger partial charge in [-0.25, -0.2) is 4.79 Å². The summed E-state index contributed by atoms with van der Waals surface area (Å²) < 4.78 is 0. The number of carbonyl (C=O) groups is 1. The van der Waals surface area contributed by atoms with E-state index in [2.05, 4.69) is 9.97 Å². The largest absolute Gasteiger partial charge is 0.478 e. The standard InChI is InChI=1S/C14H12N2O2/c1-10-4-6-15-12(8-10)13-9-11(5-7-16-13)2-3-14(17)18/h2-9H,1H3,(H,17,18)/b3-2+. The van der Waals surface area contributed by atoms with Crippen molar-refractivity contribution in [1.82, 2.24) is 9.97 Å². The summed E-state index contributed by atoms with van der Waals surface area (Å²) in [5.41, 5.74) is 3.39. The van der Waals surface area contributed by atoms with E-state index < -0.39 is 5.97 Å². The normalized spacial score (nSPS) is 10.7. The number of hydrogen-bond acceptors (Lipinski definition) is 3. The summed E-state index contributed by atoms with van der Waals surface area (Å²) in [5, 5.41) is 8.58. The maximum Gasteiger partial charge on any atom is 0.328 e. The number of aryl methyl sites for hydroxylation is 1. The van der Waals surface area contributed by atoms with E-state index in [1.807, 2.05) is 19.1 Å². The van der Waals surface area contributed by atoms with Gasteiger partial charge in [0, 0.05) is 18.5 Å². The minimum Gasteiger partial charge on any atom is -0.478 e. The van der Waals surface area contributed by atoms with Crippen molar-refractivity contribution in [2.75, 3.05) is 0 Å². The van der Waals surface area contributed by atoms with E-state index in [1.54, 1.807) is 24.5 Å². The van der Waals surface area contributed by atoms with Crippen molar-refractivity contribution in [2.24, 2.45) is 0 Å². The zero-order valence-electron chi connectivity index (χ0n) is 9.87. The third kappa shape index (κ3) is 3.01.